The molecule has 1 saturated carbocycles. The first-order valence-electron chi connectivity index (χ1n) is 7.94. The highest BCUT2D eigenvalue weighted by atomic mass is 15.0. The Hall–Kier alpha value is -1.90. The van der Waals surface area contributed by atoms with Crippen molar-refractivity contribution in [2.24, 2.45) is 0 Å². The molecule has 1 heterocycles. The summed E-state index contributed by atoms with van der Waals surface area (Å²) in [5.74, 6) is 1.52. The predicted octanol–water partition coefficient (Wildman–Crippen LogP) is 3.87. The van der Waals surface area contributed by atoms with Crippen molar-refractivity contribution in [3.05, 3.63) is 53.5 Å². The number of aromatic nitrogens is 2. The van der Waals surface area contributed by atoms with Crippen molar-refractivity contribution in [2.45, 2.75) is 50.9 Å². The van der Waals surface area contributed by atoms with Gasteiger partial charge in [0.1, 0.15) is 11.6 Å². The minimum absolute atomic E-state index is 0.0567. The van der Waals surface area contributed by atoms with E-state index in [9.17, 15) is 0 Å². The van der Waals surface area contributed by atoms with Crippen LogP contribution in [0.1, 0.15) is 56.1 Å². The summed E-state index contributed by atoms with van der Waals surface area (Å²) in [5, 5.41) is 0. The summed E-state index contributed by atoms with van der Waals surface area (Å²) in [4.78, 5) is 9.45. The Balaban J connectivity index is 2.14. The van der Waals surface area contributed by atoms with Crippen LogP contribution in [-0.4, -0.2) is 9.97 Å². The number of nitrogens with zero attached hydrogens (tertiary/aromatic N) is 2. The van der Waals surface area contributed by atoms with E-state index in [2.05, 4.69) is 42.2 Å². The lowest BCUT2D eigenvalue weighted by molar-refractivity contribution is 0.330. The van der Waals surface area contributed by atoms with E-state index in [4.69, 9.17) is 10.7 Å². The second-order valence-corrected chi connectivity index (χ2v) is 5.97. The third kappa shape index (κ3) is 2.65. The smallest absolute Gasteiger partial charge is 0.141 e. The van der Waals surface area contributed by atoms with Crippen molar-refractivity contribution >= 4 is 5.82 Å². The second kappa shape index (κ2) is 5.84. The zero-order chi connectivity index (χ0) is 14.7. The molecule has 1 aromatic carbocycles. The molecule has 2 aromatic rings. The van der Waals surface area contributed by atoms with E-state index in [1.807, 2.05) is 6.07 Å². The second-order valence-electron chi connectivity index (χ2n) is 5.97. The van der Waals surface area contributed by atoms with Crippen LogP contribution in [0.5, 0.6) is 0 Å². The molecular formula is C18H23N3. The van der Waals surface area contributed by atoms with Crippen LogP contribution in [0.4, 0.5) is 5.82 Å². The maximum Gasteiger partial charge on any atom is 0.141 e. The SMILES string of the molecule is CCc1cc(N)nc(C2(c3ccccc3)CCCCC2)n1. The molecule has 3 rings (SSSR count). The van der Waals surface area contributed by atoms with Crippen LogP contribution in [0.3, 0.4) is 0 Å². The minimum atomic E-state index is -0.0567. The molecule has 3 heteroatoms. The molecule has 110 valence electrons. The highest BCUT2D eigenvalue weighted by Gasteiger charge is 2.38. The van der Waals surface area contributed by atoms with Crippen LogP contribution in [-0.2, 0) is 11.8 Å². The first-order chi connectivity index (χ1) is 10.2. The largest absolute Gasteiger partial charge is 0.384 e. The molecule has 3 nitrogen and oxygen atoms in total. The summed E-state index contributed by atoms with van der Waals surface area (Å²) < 4.78 is 0. The van der Waals surface area contributed by atoms with E-state index in [1.54, 1.807) is 0 Å². The topological polar surface area (TPSA) is 51.8 Å². The average Bonchev–Trinajstić information content (AvgIpc) is 2.55. The summed E-state index contributed by atoms with van der Waals surface area (Å²) in [6.45, 7) is 2.11. The van der Waals surface area contributed by atoms with Gasteiger partial charge < -0.3 is 5.73 Å². The fourth-order valence-electron chi connectivity index (χ4n) is 3.47. The Kier molecular flexibility index (Phi) is 3.91. The van der Waals surface area contributed by atoms with Crippen LogP contribution in [0.25, 0.3) is 0 Å². The van der Waals surface area contributed by atoms with Gasteiger partial charge in [0.05, 0.1) is 5.41 Å². The summed E-state index contributed by atoms with van der Waals surface area (Å²) >= 11 is 0. The van der Waals surface area contributed by atoms with Gasteiger partial charge in [-0.25, -0.2) is 9.97 Å². The highest BCUT2D eigenvalue weighted by molar-refractivity contribution is 5.38. The van der Waals surface area contributed by atoms with Crippen LogP contribution < -0.4 is 5.73 Å². The number of benzene rings is 1. The van der Waals surface area contributed by atoms with Crippen LogP contribution in [0, 0.1) is 0 Å². The van der Waals surface area contributed by atoms with E-state index in [0.29, 0.717) is 5.82 Å². The molecule has 0 spiro atoms. The molecule has 0 saturated heterocycles. The van der Waals surface area contributed by atoms with Gasteiger partial charge in [0, 0.05) is 11.8 Å². The summed E-state index contributed by atoms with van der Waals surface area (Å²) in [6.07, 6.45) is 6.89. The van der Waals surface area contributed by atoms with Gasteiger partial charge in [-0.2, -0.15) is 0 Å². The lowest BCUT2D eigenvalue weighted by Gasteiger charge is -2.36. The zero-order valence-electron chi connectivity index (χ0n) is 12.7. The number of nitrogens with two attached hydrogens (primary N) is 1. The molecule has 1 fully saturated rings. The molecule has 21 heavy (non-hydrogen) atoms. The van der Waals surface area contributed by atoms with Crippen molar-refractivity contribution in [1.29, 1.82) is 0 Å². The molecule has 0 unspecified atom stereocenters. The summed E-state index contributed by atoms with van der Waals surface area (Å²) in [6, 6.07) is 12.6. The Bertz CT molecular complexity index is 601. The highest BCUT2D eigenvalue weighted by Crippen LogP contribution is 2.43. The van der Waals surface area contributed by atoms with Gasteiger partial charge in [-0.05, 0) is 24.8 Å². The van der Waals surface area contributed by atoms with Gasteiger partial charge in [-0.15, -0.1) is 0 Å². The molecular weight excluding hydrogens is 258 g/mol. The average molecular weight is 281 g/mol. The molecule has 1 aliphatic rings. The number of rotatable bonds is 3. The third-order valence-corrected chi connectivity index (χ3v) is 4.62. The molecule has 0 atom stereocenters. The van der Waals surface area contributed by atoms with Gasteiger partial charge in [0.2, 0.25) is 0 Å². The van der Waals surface area contributed by atoms with Crippen molar-refractivity contribution in [3.63, 3.8) is 0 Å². The molecule has 0 amide bonds. The number of hydrogen-bond donors (Lipinski definition) is 1. The fourth-order valence-corrected chi connectivity index (χ4v) is 3.47. The minimum Gasteiger partial charge on any atom is -0.384 e. The summed E-state index contributed by atoms with van der Waals surface area (Å²) in [7, 11) is 0. The molecule has 0 aliphatic heterocycles. The Morgan fingerprint density at radius 3 is 2.43 bits per heavy atom. The van der Waals surface area contributed by atoms with Crippen molar-refractivity contribution in [2.75, 3.05) is 5.73 Å². The number of aryl methyl sites for hydroxylation is 1. The van der Waals surface area contributed by atoms with Crippen LogP contribution >= 0.6 is 0 Å². The van der Waals surface area contributed by atoms with E-state index >= 15 is 0 Å². The molecule has 2 N–H and O–H groups in total. The Labute approximate surface area is 126 Å². The third-order valence-electron chi connectivity index (χ3n) is 4.62. The quantitative estimate of drug-likeness (QED) is 0.929. The molecule has 0 bridgehead atoms. The van der Waals surface area contributed by atoms with Crippen molar-refractivity contribution in [3.8, 4) is 0 Å². The van der Waals surface area contributed by atoms with Gasteiger partial charge in [0.25, 0.3) is 0 Å². The zero-order valence-corrected chi connectivity index (χ0v) is 12.7. The Morgan fingerprint density at radius 2 is 1.76 bits per heavy atom. The first-order valence-corrected chi connectivity index (χ1v) is 7.94. The van der Waals surface area contributed by atoms with Gasteiger partial charge in [-0.3, -0.25) is 0 Å². The maximum atomic E-state index is 6.03. The van der Waals surface area contributed by atoms with Crippen molar-refractivity contribution in [1.82, 2.24) is 9.97 Å². The monoisotopic (exact) mass is 281 g/mol. The van der Waals surface area contributed by atoms with Crippen LogP contribution in [0.15, 0.2) is 36.4 Å². The first kappa shape index (κ1) is 14.1. The normalized spacial score (nSPS) is 17.6. The van der Waals surface area contributed by atoms with Crippen LogP contribution in [0.2, 0.25) is 0 Å². The molecule has 1 aliphatic carbocycles. The summed E-state index contributed by atoms with van der Waals surface area (Å²) in [5.41, 5.74) is 8.34. The van der Waals surface area contributed by atoms with E-state index in [-0.39, 0.29) is 5.41 Å². The van der Waals surface area contributed by atoms with Gasteiger partial charge >= 0.3 is 0 Å². The van der Waals surface area contributed by atoms with E-state index in [0.717, 1.165) is 30.8 Å². The van der Waals surface area contributed by atoms with Gasteiger partial charge in [-0.1, -0.05) is 56.5 Å². The number of hydrogen-bond acceptors (Lipinski definition) is 3. The Morgan fingerprint density at radius 1 is 1.05 bits per heavy atom. The fraction of sp³-hybridized carbons (Fsp3) is 0.444. The van der Waals surface area contributed by atoms with E-state index in [1.165, 1.54) is 24.8 Å². The number of anilines is 1. The number of nitrogen functional groups attached to an aromatic ring is 1. The molecule has 1 aromatic heterocycles. The predicted molar refractivity (Wildman–Crippen MR) is 86.1 cm³/mol. The van der Waals surface area contributed by atoms with Gasteiger partial charge in [0.15, 0.2) is 0 Å². The molecule has 0 radical (unpaired) electrons. The standard InChI is InChI=1S/C18H23N3/c1-2-15-13-16(19)21-17(20-15)18(11-7-4-8-12-18)14-9-5-3-6-10-14/h3,5-6,9-10,13H,2,4,7-8,11-12H2,1H3,(H2,19,20,21). The van der Waals surface area contributed by atoms with E-state index < -0.39 is 0 Å². The lowest BCUT2D eigenvalue weighted by atomic mass is 9.68. The van der Waals surface area contributed by atoms with Crippen molar-refractivity contribution < 1.29 is 0 Å². The lowest BCUT2D eigenvalue weighted by Crippen LogP contribution is -2.33. The maximum absolute atomic E-state index is 6.03.